The fourth-order valence-electron chi connectivity index (χ4n) is 2.47. The van der Waals surface area contributed by atoms with Gasteiger partial charge in [-0.25, -0.2) is 8.78 Å². The third kappa shape index (κ3) is 6.60. The van der Waals surface area contributed by atoms with E-state index in [1.54, 1.807) is 6.92 Å². The average molecular weight is 354 g/mol. The first kappa shape index (κ1) is 20.6. The van der Waals surface area contributed by atoms with Gasteiger partial charge in [0, 0.05) is 32.7 Å². The lowest BCUT2D eigenvalue weighted by Gasteiger charge is -2.27. The van der Waals surface area contributed by atoms with E-state index in [9.17, 15) is 22.0 Å². The Morgan fingerprint density at radius 3 is 2.21 bits per heavy atom. The molecule has 0 bridgehead atoms. The van der Waals surface area contributed by atoms with Gasteiger partial charge in [0.2, 0.25) is 6.93 Å². The molecule has 1 saturated heterocycles. The Bertz CT molecular complexity index is 502. The van der Waals surface area contributed by atoms with Crippen LogP contribution in [0.5, 0.6) is 5.75 Å². The monoisotopic (exact) mass is 354 g/mol. The highest BCUT2D eigenvalue weighted by molar-refractivity contribution is 5.42. The van der Waals surface area contributed by atoms with Gasteiger partial charge in [0.05, 0.1) is 5.56 Å². The van der Waals surface area contributed by atoms with E-state index in [-0.39, 0.29) is 5.56 Å². The number of halogens is 5. The average Bonchev–Trinajstić information content (AvgIpc) is 2.51. The zero-order chi connectivity index (χ0) is 18.2. The highest BCUT2D eigenvalue weighted by atomic mass is 19.4. The smallest absolute Gasteiger partial charge is 0.416 e. The Kier molecular flexibility index (Phi) is 8.41. The number of nitrogens with one attached hydrogen (secondary N) is 1. The Balaban J connectivity index is 0.000000891. The molecule has 1 N–H and O–H groups in total. The van der Waals surface area contributed by atoms with E-state index in [0.717, 1.165) is 38.8 Å². The van der Waals surface area contributed by atoms with Crippen LogP contribution in [0.25, 0.3) is 0 Å². The van der Waals surface area contributed by atoms with Crippen LogP contribution in [0.4, 0.5) is 22.0 Å². The van der Waals surface area contributed by atoms with Crippen molar-refractivity contribution in [3.63, 3.8) is 0 Å². The molecule has 0 amide bonds. The summed E-state index contributed by atoms with van der Waals surface area (Å²) in [5, 5.41) is 3.27. The molecule has 0 aliphatic carbocycles. The van der Waals surface area contributed by atoms with Gasteiger partial charge in [-0.05, 0) is 37.1 Å². The summed E-state index contributed by atoms with van der Waals surface area (Å²) in [6.07, 6.45) is -4.31. The van der Waals surface area contributed by atoms with Gasteiger partial charge < -0.3 is 10.1 Å². The minimum atomic E-state index is -4.31. The Morgan fingerprint density at radius 1 is 1.08 bits per heavy atom. The molecule has 138 valence electrons. The van der Waals surface area contributed by atoms with Crippen molar-refractivity contribution in [3.05, 3.63) is 28.8 Å². The van der Waals surface area contributed by atoms with Crippen LogP contribution in [0.2, 0.25) is 0 Å². The summed E-state index contributed by atoms with van der Waals surface area (Å²) in [7, 11) is 0. The van der Waals surface area contributed by atoms with Crippen LogP contribution >= 0.6 is 0 Å². The second-order valence-corrected chi connectivity index (χ2v) is 5.47. The molecular weight excluding hydrogens is 331 g/mol. The van der Waals surface area contributed by atoms with E-state index >= 15 is 0 Å². The fraction of sp³-hybridized carbons (Fsp3) is 0.625. The number of hydrogen-bond acceptors (Lipinski definition) is 3. The van der Waals surface area contributed by atoms with E-state index in [4.69, 9.17) is 4.74 Å². The van der Waals surface area contributed by atoms with E-state index in [0.29, 0.717) is 17.9 Å². The highest BCUT2D eigenvalue weighted by Gasteiger charge is 2.32. The van der Waals surface area contributed by atoms with Crippen LogP contribution in [-0.2, 0) is 6.18 Å². The minimum absolute atomic E-state index is 0.199. The van der Waals surface area contributed by atoms with Gasteiger partial charge in [-0.1, -0.05) is 0 Å². The molecule has 1 aliphatic rings. The molecule has 0 spiro atoms. The van der Waals surface area contributed by atoms with Crippen molar-refractivity contribution in [1.29, 1.82) is 0 Å². The molecule has 0 aromatic heterocycles. The van der Waals surface area contributed by atoms with Gasteiger partial charge in [-0.15, -0.1) is 0 Å². The number of nitrogens with zero attached hydrogens (tertiary/aromatic N) is 1. The molecule has 8 heteroatoms. The lowest BCUT2D eigenvalue weighted by molar-refractivity contribution is -0.138. The summed E-state index contributed by atoms with van der Waals surface area (Å²) in [6, 6.07) is 2.64. The number of alkyl halides is 5. The van der Waals surface area contributed by atoms with E-state index < -0.39 is 18.7 Å². The molecule has 0 atom stereocenters. The summed E-state index contributed by atoms with van der Waals surface area (Å²) in [6.45, 7) is 6.55. The van der Waals surface area contributed by atoms with Gasteiger partial charge in [-0.2, -0.15) is 13.2 Å². The van der Waals surface area contributed by atoms with Crippen LogP contribution in [0, 0.1) is 13.8 Å². The molecule has 0 saturated carbocycles. The lowest BCUT2D eigenvalue weighted by atomic mass is 10.0. The summed E-state index contributed by atoms with van der Waals surface area (Å²) in [5.74, 6) is 0.538. The second kappa shape index (κ2) is 9.78. The molecule has 1 aliphatic heterocycles. The Labute approximate surface area is 138 Å². The molecule has 1 fully saturated rings. The highest BCUT2D eigenvalue weighted by Crippen LogP contribution is 2.35. The number of aryl methyl sites for hydroxylation is 2. The largest absolute Gasteiger partial charge is 0.492 e. The number of piperazine rings is 1. The van der Waals surface area contributed by atoms with Crippen molar-refractivity contribution in [2.45, 2.75) is 20.0 Å². The molecule has 0 radical (unpaired) electrons. The van der Waals surface area contributed by atoms with Crippen molar-refractivity contribution in [1.82, 2.24) is 10.2 Å². The van der Waals surface area contributed by atoms with Crippen LogP contribution < -0.4 is 10.1 Å². The number of hydrogen-bond donors (Lipinski definition) is 1. The predicted molar refractivity (Wildman–Crippen MR) is 82.8 cm³/mol. The predicted octanol–water partition coefficient (Wildman–Crippen LogP) is 3.49. The molecule has 24 heavy (non-hydrogen) atoms. The molecule has 1 aromatic rings. The van der Waals surface area contributed by atoms with Gasteiger partial charge >= 0.3 is 6.18 Å². The first-order valence-electron chi connectivity index (χ1n) is 7.65. The van der Waals surface area contributed by atoms with E-state index in [1.807, 2.05) is 0 Å². The van der Waals surface area contributed by atoms with Crippen LogP contribution in [0.3, 0.4) is 0 Å². The van der Waals surface area contributed by atoms with Crippen molar-refractivity contribution in [3.8, 4) is 5.75 Å². The topological polar surface area (TPSA) is 24.5 Å². The standard InChI is InChI=1S/C15H21F3N2O.CH2F2/c1-11-10-14(12(2)9-13(11)15(16,17)18)21-8-7-20-5-3-19-4-6-20;2-1-3/h9-10,19H,3-8H2,1-2H3;1H2. The van der Waals surface area contributed by atoms with Crippen LogP contribution in [0.1, 0.15) is 16.7 Å². The van der Waals surface area contributed by atoms with Gasteiger partial charge in [0.25, 0.3) is 0 Å². The van der Waals surface area contributed by atoms with E-state index in [1.165, 1.54) is 13.0 Å². The van der Waals surface area contributed by atoms with Gasteiger partial charge in [-0.3, -0.25) is 4.90 Å². The summed E-state index contributed by atoms with van der Waals surface area (Å²) >= 11 is 0. The maximum absolute atomic E-state index is 12.8. The molecule has 3 nitrogen and oxygen atoms in total. The minimum Gasteiger partial charge on any atom is -0.492 e. The number of benzene rings is 1. The number of rotatable bonds is 4. The van der Waals surface area contributed by atoms with Crippen LogP contribution in [-0.4, -0.2) is 51.2 Å². The fourth-order valence-corrected chi connectivity index (χ4v) is 2.47. The SMILES string of the molecule is Cc1cc(C(F)(F)F)c(C)cc1OCCN1CCNCC1.FCF. The van der Waals surface area contributed by atoms with Crippen LogP contribution in [0.15, 0.2) is 12.1 Å². The maximum Gasteiger partial charge on any atom is 0.416 e. The lowest BCUT2D eigenvalue weighted by Crippen LogP contribution is -2.44. The summed E-state index contributed by atoms with van der Waals surface area (Å²) in [4.78, 5) is 2.28. The normalized spacial score (nSPS) is 15.6. The first-order valence-corrected chi connectivity index (χ1v) is 7.65. The van der Waals surface area contributed by atoms with Crippen molar-refractivity contribution < 1.29 is 26.7 Å². The summed E-state index contributed by atoms with van der Waals surface area (Å²) in [5.41, 5.74) is 0.132. The molecule has 0 unspecified atom stereocenters. The quantitative estimate of drug-likeness (QED) is 0.838. The maximum atomic E-state index is 12.8. The van der Waals surface area contributed by atoms with Crippen molar-refractivity contribution in [2.24, 2.45) is 0 Å². The van der Waals surface area contributed by atoms with Crippen molar-refractivity contribution >= 4 is 0 Å². The molecular formula is C16H23F5N2O. The Hall–Kier alpha value is -1.41. The zero-order valence-electron chi connectivity index (χ0n) is 13.8. The third-order valence-electron chi connectivity index (χ3n) is 3.70. The second-order valence-electron chi connectivity index (χ2n) is 5.47. The molecule has 1 aromatic carbocycles. The molecule has 1 heterocycles. The molecule has 2 rings (SSSR count). The number of ether oxygens (including phenoxy) is 1. The summed E-state index contributed by atoms with van der Waals surface area (Å²) < 4.78 is 63.3. The van der Waals surface area contributed by atoms with Gasteiger partial charge in [0.1, 0.15) is 12.4 Å². The van der Waals surface area contributed by atoms with Crippen molar-refractivity contribution in [2.75, 3.05) is 46.3 Å². The zero-order valence-corrected chi connectivity index (χ0v) is 13.8. The third-order valence-corrected chi connectivity index (χ3v) is 3.70. The van der Waals surface area contributed by atoms with Gasteiger partial charge in [0.15, 0.2) is 0 Å². The Morgan fingerprint density at radius 2 is 1.67 bits per heavy atom. The first-order chi connectivity index (χ1) is 11.3. The van der Waals surface area contributed by atoms with E-state index in [2.05, 4.69) is 10.2 Å².